The lowest BCUT2D eigenvalue weighted by molar-refractivity contribution is -0.139. The summed E-state index contributed by atoms with van der Waals surface area (Å²) in [5.74, 6) is -0.922. The van der Waals surface area contributed by atoms with Gasteiger partial charge >= 0.3 is 18.1 Å². The first-order valence-electron chi connectivity index (χ1n) is 20.6. The van der Waals surface area contributed by atoms with Gasteiger partial charge in [-0.2, -0.15) is 13.2 Å². The first kappa shape index (κ1) is 42.6. The van der Waals surface area contributed by atoms with Gasteiger partial charge in [0, 0.05) is 17.6 Å². The number of carbonyl (C=O) groups is 2. The summed E-state index contributed by atoms with van der Waals surface area (Å²) < 4.78 is 51.6. The Morgan fingerprint density at radius 1 is 0.590 bits per heavy atom. The number of rotatable bonds is 15. The van der Waals surface area contributed by atoms with Crippen LogP contribution in [0.5, 0.6) is 0 Å². The van der Waals surface area contributed by atoms with E-state index >= 15 is 0 Å². The molecule has 0 aliphatic heterocycles. The predicted molar refractivity (Wildman–Crippen MR) is 237 cm³/mol. The van der Waals surface area contributed by atoms with Crippen LogP contribution in [-0.2, 0) is 56.5 Å². The fraction of sp³-hybridized carbons (Fsp3) is 0.222. The van der Waals surface area contributed by atoms with Crippen molar-refractivity contribution < 1.29 is 32.2 Å². The fourth-order valence-electron chi connectivity index (χ4n) is 8.41. The van der Waals surface area contributed by atoms with Crippen molar-refractivity contribution >= 4 is 11.9 Å². The molecule has 0 bridgehead atoms. The molecule has 4 nitrogen and oxygen atoms in total. The van der Waals surface area contributed by atoms with E-state index in [0.717, 1.165) is 75.1 Å². The molecule has 6 aromatic rings. The molecule has 0 saturated carbocycles. The summed E-state index contributed by atoms with van der Waals surface area (Å²) in [6.07, 6.45) is 1.12. The Bertz CT molecular complexity index is 2630. The molecule has 0 spiro atoms. The van der Waals surface area contributed by atoms with E-state index in [1.165, 1.54) is 46.0 Å². The Kier molecular flexibility index (Phi) is 12.6. The molecule has 1 aliphatic rings. The third-order valence-corrected chi connectivity index (χ3v) is 11.4. The van der Waals surface area contributed by atoms with Crippen molar-refractivity contribution in [3.05, 3.63) is 202 Å². The van der Waals surface area contributed by atoms with Crippen molar-refractivity contribution in [1.29, 1.82) is 0 Å². The molecule has 0 N–H and O–H groups in total. The molecule has 0 radical (unpaired) electrons. The van der Waals surface area contributed by atoms with Gasteiger partial charge in [-0.25, -0.2) is 9.59 Å². The molecule has 7 rings (SSSR count). The molecule has 0 aromatic heterocycles. The molecular weight excluding hydrogens is 770 g/mol. The summed E-state index contributed by atoms with van der Waals surface area (Å²) in [6, 6.07) is 39.9. The van der Waals surface area contributed by atoms with Crippen molar-refractivity contribution in [3.63, 3.8) is 0 Å². The second-order valence-corrected chi connectivity index (χ2v) is 16.4. The molecular formula is C54H49F3O4. The van der Waals surface area contributed by atoms with Crippen LogP contribution in [0, 0.1) is 6.92 Å². The van der Waals surface area contributed by atoms with Crippen LogP contribution in [0.1, 0.15) is 82.3 Å². The number of fused-ring (bicyclic) bond motifs is 3. The molecule has 0 saturated heterocycles. The van der Waals surface area contributed by atoms with Crippen LogP contribution in [0.15, 0.2) is 147 Å². The van der Waals surface area contributed by atoms with Gasteiger partial charge in [0.05, 0.1) is 12.2 Å². The van der Waals surface area contributed by atoms with E-state index in [2.05, 4.69) is 131 Å². The maximum Gasteiger partial charge on any atom is 0.416 e. The van der Waals surface area contributed by atoms with Gasteiger partial charge in [-0.1, -0.05) is 130 Å². The van der Waals surface area contributed by atoms with Gasteiger partial charge in [0.15, 0.2) is 0 Å². The minimum atomic E-state index is -4.43. The average Bonchev–Trinajstić information content (AvgIpc) is 3.46. The van der Waals surface area contributed by atoms with Crippen LogP contribution >= 0.6 is 0 Å². The largest absolute Gasteiger partial charge is 0.463 e. The number of benzene rings is 6. The molecule has 0 heterocycles. The van der Waals surface area contributed by atoms with Gasteiger partial charge in [0.25, 0.3) is 0 Å². The standard InChI is InChI=1S/C54H49F3O4/c1-6-51(58)60-21-9-8-13-37-24-39(25-38-15-11-16-46(31-38)54(55,56)57)28-44(27-37)42-17-19-47-48-20-18-43(33-50(48)53(4,5)49(47)32-42)45-29-40(23-36-14-10-12-35(3)22-36)26-41(30-45)34-61-52(59)7-2/h6-7,10-12,14-20,22,24,26-33H,1-2,8-9,13,21,23,25,34H2,3-5H3. The average molecular weight is 819 g/mol. The second-order valence-electron chi connectivity index (χ2n) is 16.4. The number of unbranched alkanes of at least 4 members (excludes halogenated alkanes) is 1. The number of aryl methyl sites for hydroxylation is 2. The van der Waals surface area contributed by atoms with Gasteiger partial charge in [-0.15, -0.1) is 0 Å². The van der Waals surface area contributed by atoms with E-state index in [4.69, 9.17) is 9.47 Å². The van der Waals surface area contributed by atoms with Crippen LogP contribution in [-0.4, -0.2) is 18.5 Å². The molecule has 1 aliphatic carbocycles. The number of halogens is 3. The summed E-state index contributed by atoms with van der Waals surface area (Å²) in [5, 5.41) is 0. The molecule has 0 atom stereocenters. The van der Waals surface area contributed by atoms with Gasteiger partial charge in [0.2, 0.25) is 0 Å². The number of carbonyl (C=O) groups excluding carboxylic acids is 2. The highest BCUT2D eigenvalue weighted by Gasteiger charge is 2.36. The topological polar surface area (TPSA) is 52.6 Å². The predicted octanol–water partition coefficient (Wildman–Crippen LogP) is 13.1. The lowest BCUT2D eigenvalue weighted by Crippen LogP contribution is -2.15. The summed E-state index contributed by atoms with van der Waals surface area (Å²) in [4.78, 5) is 23.6. The van der Waals surface area contributed by atoms with E-state index in [1.807, 2.05) is 0 Å². The SMILES string of the molecule is C=CC(=O)OCCCCc1cc(Cc2cccc(C(F)(F)F)c2)cc(-c2ccc3c(c2)C(C)(C)c2cc(-c4cc(COC(=O)C=C)cc(Cc5cccc(C)c5)c4)ccc2-3)c1. The van der Waals surface area contributed by atoms with Gasteiger partial charge in [-0.05, 0) is 141 Å². The Balaban J connectivity index is 1.21. The number of hydrogen-bond donors (Lipinski definition) is 0. The maximum absolute atomic E-state index is 13.6. The molecule has 7 heteroatoms. The third kappa shape index (κ3) is 10.1. The Morgan fingerprint density at radius 3 is 1.72 bits per heavy atom. The summed E-state index contributed by atoms with van der Waals surface area (Å²) >= 11 is 0. The smallest absolute Gasteiger partial charge is 0.416 e. The van der Waals surface area contributed by atoms with Crippen molar-refractivity contribution in [1.82, 2.24) is 0 Å². The van der Waals surface area contributed by atoms with Crippen LogP contribution in [0.3, 0.4) is 0 Å². The van der Waals surface area contributed by atoms with Crippen LogP contribution in [0.2, 0.25) is 0 Å². The van der Waals surface area contributed by atoms with Gasteiger partial charge in [0.1, 0.15) is 6.61 Å². The van der Waals surface area contributed by atoms with Gasteiger partial charge < -0.3 is 9.47 Å². The minimum absolute atomic E-state index is 0.137. The van der Waals surface area contributed by atoms with Crippen LogP contribution in [0.25, 0.3) is 33.4 Å². The monoisotopic (exact) mass is 818 g/mol. The summed E-state index contributed by atoms with van der Waals surface area (Å²) in [6.45, 7) is 14.0. The van der Waals surface area contributed by atoms with Crippen molar-refractivity contribution in [2.75, 3.05) is 6.61 Å². The van der Waals surface area contributed by atoms with Gasteiger partial charge in [-0.3, -0.25) is 0 Å². The number of ether oxygens (including phenoxy) is 2. The van der Waals surface area contributed by atoms with Crippen molar-refractivity contribution in [3.8, 4) is 33.4 Å². The summed E-state index contributed by atoms with van der Waals surface area (Å²) in [5.41, 5.74) is 14.8. The molecule has 61 heavy (non-hydrogen) atoms. The first-order chi connectivity index (χ1) is 29.2. The van der Waals surface area contributed by atoms with Crippen LogP contribution < -0.4 is 0 Å². The van der Waals surface area contributed by atoms with Crippen molar-refractivity contribution in [2.45, 2.75) is 71.1 Å². The number of alkyl halides is 3. The Morgan fingerprint density at radius 2 is 1.13 bits per heavy atom. The zero-order valence-corrected chi connectivity index (χ0v) is 34.8. The highest BCUT2D eigenvalue weighted by Crippen LogP contribution is 2.51. The number of hydrogen-bond acceptors (Lipinski definition) is 4. The first-order valence-corrected chi connectivity index (χ1v) is 20.6. The fourth-order valence-corrected chi connectivity index (χ4v) is 8.41. The van der Waals surface area contributed by atoms with E-state index < -0.39 is 23.7 Å². The highest BCUT2D eigenvalue weighted by atomic mass is 19.4. The molecule has 310 valence electrons. The Hall–Kier alpha value is -6.47. The summed E-state index contributed by atoms with van der Waals surface area (Å²) in [7, 11) is 0. The third-order valence-electron chi connectivity index (χ3n) is 11.4. The van der Waals surface area contributed by atoms with E-state index in [1.54, 1.807) is 6.07 Å². The highest BCUT2D eigenvalue weighted by molar-refractivity contribution is 5.86. The normalized spacial score (nSPS) is 12.6. The zero-order valence-electron chi connectivity index (χ0n) is 34.8. The van der Waals surface area contributed by atoms with E-state index in [-0.39, 0.29) is 18.6 Å². The molecule has 0 amide bonds. The number of esters is 2. The minimum Gasteiger partial charge on any atom is -0.463 e. The lowest BCUT2D eigenvalue weighted by Gasteiger charge is -2.23. The molecule has 6 aromatic carbocycles. The Labute approximate surface area is 356 Å². The second kappa shape index (κ2) is 18.0. The lowest BCUT2D eigenvalue weighted by atomic mass is 9.80. The van der Waals surface area contributed by atoms with E-state index in [0.29, 0.717) is 24.8 Å². The van der Waals surface area contributed by atoms with E-state index in [9.17, 15) is 22.8 Å². The maximum atomic E-state index is 13.6. The van der Waals surface area contributed by atoms with Crippen LogP contribution in [0.4, 0.5) is 13.2 Å². The molecule has 0 unspecified atom stereocenters. The van der Waals surface area contributed by atoms with Crippen molar-refractivity contribution in [2.24, 2.45) is 0 Å². The zero-order chi connectivity index (χ0) is 43.3. The molecule has 0 fully saturated rings. The quantitative estimate of drug-likeness (QED) is 0.0588.